The summed E-state index contributed by atoms with van der Waals surface area (Å²) in [6, 6.07) is 11.2. The molecule has 3 N–H and O–H groups in total. The van der Waals surface area contributed by atoms with Crippen LogP contribution in [0.1, 0.15) is 11.3 Å². The molecule has 9 nitrogen and oxygen atoms in total. The molecule has 0 unspecified atom stereocenters. The van der Waals surface area contributed by atoms with Gasteiger partial charge in [0.15, 0.2) is 0 Å². The molecule has 2 rings (SSSR count). The summed E-state index contributed by atoms with van der Waals surface area (Å²) >= 11 is 0. The zero-order chi connectivity index (χ0) is 20.4. The summed E-state index contributed by atoms with van der Waals surface area (Å²) in [6.45, 7) is 2.72. The number of rotatable bonds is 9. The number of benzene rings is 1. The number of alkyl carbamates (subject to hydrolysis) is 1. The van der Waals surface area contributed by atoms with Crippen molar-refractivity contribution in [2.45, 2.75) is 13.5 Å². The SMILES string of the molecule is Cc1cc(N(C)C)nc(NCCNC(=O)CNC(=O)OCc2ccccc2)n1. The number of aromatic nitrogens is 2. The van der Waals surface area contributed by atoms with Gasteiger partial charge >= 0.3 is 6.09 Å². The van der Waals surface area contributed by atoms with Crippen LogP contribution in [0, 0.1) is 6.92 Å². The number of nitrogens with zero attached hydrogens (tertiary/aromatic N) is 3. The number of ether oxygens (including phenoxy) is 1. The molecule has 1 heterocycles. The van der Waals surface area contributed by atoms with Crippen LogP contribution in [0.4, 0.5) is 16.6 Å². The smallest absolute Gasteiger partial charge is 0.407 e. The molecular weight excluding hydrogens is 360 g/mol. The average molecular weight is 386 g/mol. The molecule has 0 bridgehead atoms. The number of aryl methyl sites for hydroxylation is 1. The molecule has 0 aliphatic heterocycles. The third-order valence-corrected chi connectivity index (χ3v) is 3.64. The number of carbonyl (C=O) groups is 2. The lowest BCUT2D eigenvalue weighted by Crippen LogP contribution is -2.38. The van der Waals surface area contributed by atoms with Gasteiger partial charge in [0.25, 0.3) is 0 Å². The first-order valence-corrected chi connectivity index (χ1v) is 8.92. The van der Waals surface area contributed by atoms with Crippen LogP contribution in [0.2, 0.25) is 0 Å². The molecule has 0 saturated carbocycles. The summed E-state index contributed by atoms with van der Waals surface area (Å²) in [4.78, 5) is 34.0. The Bertz CT molecular complexity index is 782. The lowest BCUT2D eigenvalue weighted by atomic mass is 10.2. The van der Waals surface area contributed by atoms with Gasteiger partial charge in [0, 0.05) is 38.9 Å². The van der Waals surface area contributed by atoms with Gasteiger partial charge in [-0.2, -0.15) is 4.98 Å². The molecule has 28 heavy (non-hydrogen) atoms. The Labute approximate surface area is 164 Å². The summed E-state index contributed by atoms with van der Waals surface area (Å²) in [6.07, 6.45) is -0.637. The molecule has 0 radical (unpaired) electrons. The second-order valence-corrected chi connectivity index (χ2v) is 6.28. The normalized spacial score (nSPS) is 10.1. The summed E-state index contributed by atoms with van der Waals surface area (Å²) in [5, 5.41) is 8.18. The quantitative estimate of drug-likeness (QED) is 0.558. The predicted octanol–water partition coefficient (Wildman–Crippen LogP) is 1.31. The van der Waals surface area contributed by atoms with E-state index in [1.807, 2.05) is 62.3 Å². The predicted molar refractivity (Wildman–Crippen MR) is 107 cm³/mol. The highest BCUT2D eigenvalue weighted by molar-refractivity contribution is 5.82. The van der Waals surface area contributed by atoms with E-state index in [4.69, 9.17) is 4.74 Å². The van der Waals surface area contributed by atoms with Gasteiger partial charge < -0.3 is 25.6 Å². The Morgan fingerprint density at radius 2 is 1.82 bits per heavy atom. The van der Waals surface area contributed by atoms with Crippen molar-refractivity contribution in [2.75, 3.05) is 43.9 Å². The highest BCUT2D eigenvalue weighted by Gasteiger charge is 2.07. The maximum absolute atomic E-state index is 11.8. The standard InChI is InChI=1S/C19H26N6O3/c1-14-11-16(25(2)3)24-18(23-14)21-10-9-20-17(26)12-22-19(27)28-13-15-7-5-4-6-8-15/h4-8,11H,9-10,12-13H2,1-3H3,(H,20,26)(H,22,27)(H,21,23,24). The Hall–Kier alpha value is -3.36. The third-order valence-electron chi connectivity index (χ3n) is 3.64. The van der Waals surface area contributed by atoms with Crippen LogP contribution in [0.5, 0.6) is 0 Å². The van der Waals surface area contributed by atoms with Crippen molar-refractivity contribution in [2.24, 2.45) is 0 Å². The minimum atomic E-state index is -0.637. The van der Waals surface area contributed by atoms with Crippen LogP contribution < -0.4 is 20.9 Å². The fourth-order valence-electron chi connectivity index (χ4n) is 2.23. The van der Waals surface area contributed by atoms with E-state index in [0.717, 1.165) is 17.1 Å². The van der Waals surface area contributed by atoms with E-state index in [-0.39, 0.29) is 19.1 Å². The van der Waals surface area contributed by atoms with Crippen LogP contribution >= 0.6 is 0 Å². The van der Waals surface area contributed by atoms with Gasteiger partial charge in [-0.05, 0) is 12.5 Å². The van der Waals surface area contributed by atoms with Crippen molar-refractivity contribution in [3.05, 3.63) is 47.7 Å². The fourth-order valence-corrected chi connectivity index (χ4v) is 2.23. The molecule has 0 atom stereocenters. The van der Waals surface area contributed by atoms with Crippen LogP contribution in [-0.2, 0) is 16.1 Å². The van der Waals surface area contributed by atoms with E-state index in [1.165, 1.54) is 0 Å². The molecule has 0 spiro atoms. The van der Waals surface area contributed by atoms with E-state index in [2.05, 4.69) is 25.9 Å². The number of amides is 2. The molecule has 0 aliphatic rings. The number of hydrogen-bond donors (Lipinski definition) is 3. The van der Waals surface area contributed by atoms with E-state index >= 15 is 0 Å². The van der Waals surface area contributed by atoms with Gasteiger partial charge in [0.2, 0.25) is 11.9 Å². The van der Waals surface area contributed by atoms with Crippen molar-refractivity contribution in [1.82, 2.24) is 20.6 Å². The van der Waals surface area contributed by atoms with Crippen molar-refractivity contribution < 1.29 is 14.3 Å². The highest BCUT2D eigenvalue weighted by Crippen LogP contribution is 2.11. The van der Waals surface area contributed by atoms with E-state index in [0.29, 0.717) is 19.0 Å². The van der Waals surface area contributed by atoms with Gasteiger partial charge in [-0.25, -0.2) is 9.78 Å². The molecule has 0 saturated heterocycles. The summed E-state index contributed by atoms with van der Waals surface area (Å²) < 4.78 is 5.04. The minimum Gasteiger partial charge on any atom is -0.445 e. The Morgan fingerprint density at radius 3 is 2.54 bits per heavy atom. The topological polar surface area (TPSA) is 108 Å². The third kappa shape index (κ3) is 7.48. The summed E-state index contributed by atoms with van der Waals surface area (Å²) in [5.74, 6) is 0.996. The first-order valence-electron chi connectivity index (χ1n) is 8.92. The molecule has 1 aromatic heterocycles. The number of carbonyl (C=O) groups excluding carboxylic acids is 2. The maximum Gasteiger partial charge on any atom is 0.407 e. The molecule has 1 aromatic carbocycles. The van der Waals surface area contributed by atoms with Crippen LogP contribution in [-0.4, -0.2) is 55.7 Å². The molecular formula is C19H26N6O3. The van der Waals surface area contributed by atoms with Crippen molar-refractivity contribution in [1.29, 1.82) is 0 Å². The van der Waals surface area contributed by atoms with E-state index in [9.17, 15) is 9.59 Å². The minimum absolute atomic E-state index is 0.153. The molecule has 9 heteroatoms. The molecule has 2 amide bonds. The van der Waals surface area contributed by atoms with Gasteiger partial charge in [0.1, 0.15) is 12.4 Å². The highest BCUT2D eigenvalue weighted by atomic mass is 16.5. The lowest BCUT2D eigenvalue weighted by molar-refractivity contribution is -0.120. The second-order valence-electron chi connectivity index (χ2n) is 6.28. The van der Waals surface area contributed by atoms with Crippen LogP contribution in [0.25, 0.3) is 0 Å². The first kappa shape index (κ1) is 20.9. The summed E-state index contributed by atoms with van der Waals surface area (Å²) in [7, 11) is 3.81. The van der Waals surface area contributed by atoms with E-state index < -0.39 is 6.09 Å². The van der Waals surface area contributed by atoms with Gasteiger partial charge in [0.05, 0.1) is 6.54 Å². The van der Waals surface area contributed by atoms with Crippen molar-refractivity contribution in [3.63, 3.8) is 0 Å². The lowest BCUT2D eigenvalue weighted by Gasteiger charge is -2.14. The maximum atomic E-state index is 11.8. The monoisotopic (exact) mass is 386 g/mol. The number of anilines is 2. The zero-order valence-corrected chi connectivity index (χ0v) is 16.4. The van der Waals surface area contributed by atoms with Gasteiger partial charge in [-0.15, -0.1) is 0 Å². The van der Waals surface area contributed by atoms with Crippen LogP contribution in [0.15, 0.2) is 36.4 Å². The fraction of sp³-hybridized carbons (Fsp3) is 0.368. The number of nitrogens with one attached hydrogen (secondary N) is 3. The molecule has 0 aliphatic carbocycles. The van der Waals surface area contributed by atoms with Gasteiger partial charge in [-0.3, -0.25) is 4.79 Å². The molecule has 0 fully saturated rings. The van der Waals surface area contributed by atoms with Crippen molar-refractivity contribution in [3.8, 4) is 0 Å². The zero-order valence-electron chi connectivity index (χ0n) is 16.4. The Balaban J connectivity index is 1.61. The largest absolute Gasteiger partial charge is 0.445 e. The number of hydrogen-bond acceptors (Lipinski definition) is 7. The average Bonchev–Trinajstić information content (AvgIpc) is 2.68. The first-order chi connectivity index (χ1) is 13.4. The second kappa shape index (κ2) is 10.7. The van der Waals surface area contributed by atoms with Crippen LogP contribution in [0.3, 0.4) is 0 Å². The summed E-state index contributed by atoms with van der Waals surface area (Å²) in [5.41, 5.74) is 1.73. The van der Waals surface area contributed by atoms with Gasteiger partial charge in [-0.1, -0.05) is 30.3 Å². The van der Waals surface area contributed by atoms with E-state index in [1.54, 1.807) is 0 Å². The Morgan fingerprint density at radius 1 is 1.07 bits per heavy atom. The Kier molecular flexibility index (Phi) is 8.01. The van der Waals surface area contributed by atoms with Crippen molar-refractivity contribution >= 4 is 23.8 Å². The molecule has 2 aromatic rings. The molecule has 150 valence electrons.